The van der Waals surface area contributed by atoms with Gasteiger partial charge in [0.1, 0.15) is 0 Å². The molecule has 1 aromatic rings. The quantitative estimate of drug-likeness (QED) is 0.606. The van der Waals surface area contributed by atoms with Gasteiger partial charge in [-0.2, -0.15) is 0 Å². The number of nitrogens with two attached hydrogens (primary N) is 1. The summed E-state index contributed by atoms with van der Waals surface area (Å²) in [5, 5.41) is 2.78. The number of benzene rings is 1. The molecular formula is C14H23N3O3S. The van der Waals surface area contributed by atoms with Gasteiger partial charge in [-0.3, -0.25) is 9.52 Å². The zero-order valence-corrected chi connectivity index (χ0v) is 13.1. The summed E-state index contributed by atoms with van der Waals surface area (Å²) in [5.41, 5.74) is 6.52. The maximum Gasteiger partial charge on any atom is 0.232 e. The largest absolute Gasteiger partial charge is 0.330 e. The predicted octanol–water partition coefficient (Wildman–Crippen LogP) is 1.91. The zero-order valence-electron chi connectivity index (χ0n) is 12.3. The molecular weight excluding hydrogens is 290 g/mol. The monoisotopic (exact) mass is 313 g/mol. The maximum atomic E-state index is 11.7. The van der Waals surface area contributed by atoms with Gasteiger partial charge in [0.25, 0.3) is 0 Å². The predicted molar refractivity (Wildman–Crippen MR) is 85.7 cm³/mol. The van der Waals surface area contributed by atoms with Gasteiger partial charge in [-0.05, 0) is 50.6 Å². The van der Waals surface area contributed by atoms with Gasteiger partial charge >= 0.3 is 0 Å². The summed E-state index contributed by atoms with van der Waals surface area (Å²) in [6.07, 6.45) is 3.16. The van der Waals surface area contributed by atoms with Crippen LogP contribution in [0.2, 0.25) is 0 Å². The number of unbranched alkanes of at least 4 members (excludes halogenated alkanes) is 2. The van der Waals surface area contributed by atoms with Crippen LogP contribution < -0.4 is 15.8 Å². The van der Waals surface area contributed by atoms with Crippen molar-refractivity contribution >= 4 is 27.3 Å². The molecule has 6 nitrogen and oxygen atoms in total. The molecule has 7 heteroatoms. The fourth-order valence-electron chi connectivity index (χ4n) is 1.70. The van der Waals surface area contributed by atoms with Gasteiger partial charge in [0, 0.05) is 17.8 Å². The lowest BCUT2D eigenvalue weighted by Crippen LogP contribution is -2.15. The zero-order chi connectivity index (χ0) is 15.7. The second kappa shape index (κ2) is 8.63. The molecule has 118 valence electrons. The van der Waals surface area contributed by atoms with Gasteiger partial charge in [-0.1, -0.05) is 6.42 Å². The summed E-state index contributed by atoms with van der Waals surface area (Å²) >= 11 is 0. The Morgan fingerprint density at radius 1 is 1.10 bits per heavy atom. The van der Waals surface area contributed by atoms with Crippen LogP contribution in [0.15, 0.2) is 24.3 Å². The van der Waals surface area contributed by atoms with Crippen LogP contribution in [0, 0.1) is 0 Å². The van der Waals surface area contributed by atoms with Crippen LogP contribution in [-0.2, 0) is 14.8 Å². The Hall–Kier alpha value is -1.60. The van der Waals surface area contributed by atoms with Gasteiger partial charge in [0.05, 0.1) is 5.75 Å². The minimum Gasteiger partial charge on any atom is -0.330 e. The third-order valence-electron chi connectivity index (χ3n) is 2.93. The molecule has 0 bridgehead atoms. The van der Waals surface area contributed by atoms with E-state index < -0.39 is 10.0 Å². The molecule has 0 atom stereocenters. The van der Waals surface area contributed by atoms with E-state index in [1.165, 1.54) is 0 Å². The van der Waals surface area contributed by atoms with E-state index in [0.29, 0.717) is 24.3 Å². The van der Waals surface area contributed by atoms with Crippen molar-refractivity contribution in [2.75, 3.05) is 22.3 Å². The number of amides is 1. The molecule has 4 N–H and O–H groups in total. The van der Waals surface area contributed by atoms with Crippen LogP contribution in [0.3, 0.4) is 0 Å². The van der Waals surface area contributed by atoms with E-state index in [1.54, 1.807) is 31.2 Å². The first-order valence-electron chi connectivity index (χ1n) is 7.07. The van der Waals surface area contributed by atoms with E-state index in [2.05, 4.69) is 10.0 Å². The molecule has 0 radical (unpaired) electrons. The van der Waals surface area contributed by atoms with Crippen molar-refractivity contribution in [2.24, 2.45) is 5.73 Å². The summed E-state index contributed by atoms with van der Waals surface area (Å²) in [6.45, 7) is 2.22. The Morgan fingerprint density at radius 2 is 1.71 bits per heavy atom. The van der Waals surface area contributed by atoms with Crippen molar-refractivity contribution in [3.05, 3.63) is 24.3 Å². The first kappa shape index (κ1) is 17.5. The Labute approximate surface area is 126 Å². The summed E-state index contributed by atoms with van der Waals surface area (Å²) < 4.78 is 25.3. The minimum atomic E-state index is -3.27. The fourth-order valence-corrected chi connectivity index (χ4v) is 2.34. The third-order valence-corrected chi connectivity index (χ3v) is 4.24. The molecule has 0 saturated carbocycles. The third kappa shape index (κ3) is 7.10. The molecule has 0 unspecified atom stereocenters. The van der Waals surface area contributed by atoms with Crippen molar-refractivity contribution in [2.45, 2.75) is 32.6 Å². The molecule has 21 heavy (non-hydrogen) atoms. The Morgan fingerprint density at radius 3 is 2.29 bits per heavy atom. The molecule has 0 aliphatic rings. The molecule has 1 aromatic carbocycles. The highest BCUT2D eigenvalue weighted by atomic mass is 32.2. The Kier molecular flexibility index (Phi) is 7.18. The molecule has 0 heterocycles. The second-order valence-corrected chi connectivity index (χ2v) is 6.74. The van der Waals surface area contributed by atoms with Crippen LogP contribution in [0.25, 0.3) is 0 Å². The Bertz CT molecular complexity index is 541. The number of carbonyl (C=O) groups excluding carboxylic acids is 1. The average molecular weight is 313 g/mol. The van der Waals surface area contributed by atoms with E-state index in [9.17, 15) is 13.2 Å². The van der Waals surface area contributed by atoms with Crippen molar-refractivity contribution < 1.29 is 13.2 Å². The van der Waals surface area contributed by atoms with Gasteiger partial charge in [0.15, 0.2) is 0 Å². The minimum absolute atomic E-state index is 0.0221. The van der Waals surface area contributed by atoms with Gasteiger partial charge in [-0.25, -0.2) is 8.42 Å². The number of anilines is 2. The van der Waals surface area contributed by atoms with Crippen LogP contribution in [0.5, 0.6) is 0 Å². The smallest absolute Gasteiger partial charge is 0.232 e. The number of rotatable bonds is 9. The Balaban J connectivity index is 2.45. The van der Waals surface area contributed by atoms with Crippen molar-refractivity contribution in [1.82, 2.24) is 0 Å². The summed E-state index contributed by atoms with van der Waals surface area (Å²) in [7, 11) is -3.27. The number of sulfonamides is 1. The highest BCUT2D eigenvalue weighted by molar-refractivity contribution is 7.92. The first-order valence-corrected chi connectivity index (χ1v) is 8.72. The van der Waals surface area contributed by atoms with Crippen molar-refractivity contribution in [3.8, 4) is 0 Å². The van der Waals surface area contributed by atoms with Gasteiger partial charge in [-0.15, -0.1) is 0 Å². The number of carbonyl (C=O) groups is 1. The van der Waals surface area contributed by atoms with Crippen LogP contribution >= 0.6 is 0 Å². The second-order valence-electron chi connectivity index (χ2n) is 4.73. The summed E-state index contributed by atoms with van der Waals surface area (Å²) in [4.78, 5) is 11.7. The van der Waals surface area contributed by atoms with Gasteiger partial charge < -0.3 is 11.1 Å². The summed E-state index contributed by atoms with van der Waals surface area (Å²) in [5.74, 6) is -0.0252. The molecule has 0 aliphatic heterocycles. The van der Waals surface area contributed by atoms with E-state index in [4.69, 9.17) is 5.73 Å². The molecule has 0 saturated heterocycles. The molecule has 0 spiro atoms. The molecule has 0 aliphatic carbocycles. The normalized spacial score (nSPS) is 11.1. The highest BCUT2D eigenvalue weighted by Crippen LogP contribution is 2.15. The van der Waals surface area contributed by atoms with Gasteiger partial charge in [0.2, 0.25) is 15.9 Å². The van der Waals surface area contributed by atoms with Crippen molar-refractivity contribution in [1.29, 1.82) is 0 Å². The lowest BCUT2D eigenvalue weighted by atomic mass is 10.2. The van der Waals surface area contributed by atoms with E-state index >= 15 is 0 Å². The molecule has 0 aromatic heterocycles. The van der Waals surface area contributed by atoms with E-state index in [1.807, 2.05) is 0 Å². The first-order chi connectivity index (χ1) is 9.96. The molecule has 1 rings (SSSR count). The number of hydrogen-bond donors (Lipinski definition) is 3. The van der Waals surface area contributed by atoms with Crippen LogP contribution in [-0.4, -0.2) is 26.6 Å². The lowest BCUT2D eigenvalue weighted by molar-refractivity contribution is -0.116. The molecule has 1 amide bonds. The number of nitrogens with one attached hydrogen (secondary N) is 2. The SMILES string of the molecule is CCS(=O)(=O)Nc1ccc(NC(=O)CCCCCN)cc1. The summed E-state index contributed by atoms with van der Waals surface area (Å²) in [6, 6.07) is 6.59. The fraction of sp³-hybridized carbons (Fsp3) is 0.500. The number of hydrogen-bond acceptors (Lipinski definition) is 4. The van der Waals surface area contributed by atoms with Crippen LogP contribution in [0.1, 0.15) is 32.6 Å². The molecule has 0 fully saturated rings. The highest BCUT2D eigenvalue weighted by Gasteiger charge is 2.07. The van der Waals surface area contributed by atoms with Crippen molar-refractivity contribution in [3.63, 3.8) is 0 Å². The van der Waals surface area contributed by atoms with Crippen LogP contribution in [0.4, 0.5) is 11.4 Å². The topological polar surface area (TPSA) is 101 Å². The maximum absolute atomic E-state index is 11.7. The average Bonchev–Trinajstić information content (AvgIpc) is 2.45. The van der Waals surface area contributed by atoms with E-state index in [-0.39, 0.29) is 11.7 Å². The standard InChI is InChI=1S/C14H23N3O3S/c1-2-21(19,20)17-13-9-7-12(8-10-13)16-14(18)6-4-3-5-11-15/h7-10,17H,2-6,11,15H2,1H3,(H,16,18). The van der Waals surface area contributed by atoms with E-state index in [0.717, 1.165) is 19.3 Å². The lowest BCUT2D eigenvalue weighted by Gasteiger charge is -2.08.